The molecule has 0 amide bonds. The van der Waals surface area contributed by atoms with Gasteiger partial charge >= 0.3 is 0 Å². The fraction of sp³-hybridized carbons (Fsp3) is 1.00. The Morgan fingerprint density at radius 2 is 1.78 bits per heavy atom. The van der Waals surface area contributed by atoms with E-state index in [2.05, 4.69) is 5.09 Å². The van der Waals surface area contributed by atoms with Crippen molar-refractivity contribution in [2.45, 2.75) is 25.9 Å². The first-order valence-electron chi connectivity index (χ1n) is 2.89. The molecule has 0 radical (unpaired) electrons. The standard InChI is InChI=1S/C5H15N2OP/c1-5(2,3)9(6,8)7-4/h1-4H3,(H3,6,7,8). The third-order valence-corrected chi connectivity index (χ3v) is 3.99. The van der Waals surface area contributed by atoms with Crippen LogP contribution >= 0.6 is 7.44 Å². The highest BCUT2D eigenvalue weighted by atomic mass is 31.2. The van der Waals surface area contributed by atoms with E-state index in [9.17, 15) is 4.57 Å². The molecule has 0 fully saturated rings. The van der Waals surface area contributed by atoms with E-state index >= 15 is 0 Å². The molecule has 0 aliphatic rings. The monoisotopic (exact) mass is 150 g/mol. The van der Waals surface area contributed by atoms with Crippen molar-refractivity contribution in [1.82, 2.24) is 5.09 Å². The minimum Gasteiger partial charge on any atom is -0.289 e. The average Bonchev–Trinajstić information content (AvgIpc) is 1.64. The summed E-state index contributed by atoms with van der Waals surface area (Å²) in [6, 6.07) is 0. The van der Waals surface area contributed by atoms with Crippen LogP contribution in [0.3, 0.4) is 0 Å². The van der Waals surface area contributed by atoms with Gasteiger partial charge in [-0.1, -0.05) is 20.8 Å². The molecule has 4 heteroatoms. The molecular formula is C5H15N2OP. The molecule has 0 heterocycles. The fourth-order valence-electron chi connectivity index (χ4n) is 0.335. The molecule has 0 rings (SSSR count). The summed E-state index contributed by atoms with van der Waals surface area (Å²) in [4.78, 5) is 0. The predicted molar refractivity (Wildman–Crippen MR) is 40.6 cm³/mol. The van der Waals surface area contributed by atoms with E-state index in [4.69, 9.17) is 5.50 Å². The molecule has 0 aromatic heterocycles. The van der Waals surface area contributed by atoms with Crippen molar-refractivity contribution in [3.63, 3.8) is 0 Å². The highest BCUT2D eigenvalue weighted by molar-refractivity contribution is 7.61. The van der Waals surface area contributed by atoms with Gasteiger partial charge in [0.25, 0.3) is 0 Å². The van der Waals surface area contributed by atoms with Crippen LogP contribution in [0.5, 0.6) is 0 Å². The number of nitrogens with one attached hydrogen (secondary N) is 1. The van der Waals surface area contributed by atoms with Crippen LogP contribution in [0.1, 0.15) is 20.8 Å². The number of hydrogen-bond donors (Lipinski definition) is 2. The molecule has 0 saturated carbocycles. The Morgan fingerprint density at radius 3 is 1.78 bits per heavy atom. The second-order valence-electron chi connectivity index (χ2n) is 3.05. The van der Waals surface area contributed by atoms with E-state index in [0.29, 0.717) is 0 Å². The van der Waals surface area contributed by atoms with Gasteiger partial charge in [0.1, 0.15) is 0 Å². The molecule has 0 saturated heterocycles. The Kier molecular flexibility index (Phi) is 2.45. The van der Waals surface area contributed by atoms with E-state index in [1.54, 1.807) is 7.05 Å². The minimum absolute atomic E-state index is 0.332. The van der Waals surface area contributed by atoms with Gasteiger partial charge in [0.2, 0.25) is 7.44 Å². The van der Waals surface area contributed by atoms with Gasteiger partial charge in [-0.3, -0.25) is 15.2 Å². The predicted octanol–water partition coefficient (Wildman–Crippen LogP) is 1.16. The third-order valence-electron chi connectivity index (χ3n) is 1.33. The van der Waals surface area contributed by atoms with E-state index < -0.39 is 7.44 Å². The molecule has 0 aliphatic carbocycles. The lowest BCUT2D eigenvalue weighted by molar-refractivity contribution is 0.541. The first-order valence-corrected chi connectivity index (χ1v) is 4.66. The SMILES string of the molecule is CNP(N)(=O)C(C)(C)C. The van der Waals surface area contributed by atoms with Crippen molar-refractivity contribution in [3.8, 4) is 0 Å². The maximum atomic E-state index is 11.3. The van der Waals surface area contributed by atoms with Crippen molar-refractivity contribution in [3.05, 3.63) is 0 Å². The first-order chi connectivity index (χ1) is 3.81. The van der Waals surface area contributed by atoms with Gasteiger partial charge in [0.15, 0.2) is 0 Å². The molecule has 9 heavy (non-hydrogen) atoms. The Bertz CT molecular complexity index is 138. The molecule has 0 bridgehead atoms. The van der Waals surface area contributed by atoms with Crippen LogP contribution in [0.15, 0.2) is 0 Å². The Morgan fingerprint density at radius 1 is 1.44 bits per heavy atom. The summed E-state index contributed by atoms with van der Waals surface area (Å²) < 4.78 is 11.3. The normalized spacial score (nSPS) is 19.2. The summed E-state index contributed by atoms with van der Waals surface area (Å²) in [7, 11) is -0.990. The van der Waals surface area contributed by atoms with Gasteiger partial charge in [-0.25, -0.2) is 0 Å². The lowest BCUT2D eigenvalue weighted by Gasteiger charge is -2.25. The number of hydrogen-bond acceptors (Lipinski definition) is 1. The van der Waals surface area contributed by atoms with E-state index in [1.807, 2.05) is 20.8 Å². The molecule has 1 atom stereocenters. The third kappa shape index (κ3) is 2.09. The molecule has 3 nitrogen and oxygen atoms in total. The number of nitrogens with two attached hydrogens (primary N) is 1. The lowest BCUT2D eigenvalue weighted by atomic mass is 10.3. The van der Waals surface area contributed by atoms with Gasteiger partial charge < -0.3 is 0 Å². The summed E-state index contributed by atoms with van der Waals surface area (Å²) in [6.45, 7) is 5.55. The molecular weight excluding hydrogens is 135 g/mol. The van der Waals surface area contributed by atoms with Crippen molar-refractivity contribution in [1.29, 1.82) is 0 Å². The zero-order valence-electron chi connectivity index (χ0n) is 6.43. The number of rotatable bonds is 1. The second-order valence-corrected chi connectivity index (χ2v) is 6.16. The molecule has 56 valence electrons. The molecule has 3 N–H and O–H groups in total. The van der Waals surface area contributed by atoms with Gasteiger partial charge in [-0.05, 0) is 7.05 Å². The summed E-state index contributed by atoms with van der Waals surface area (Å²) in [5.41, 5.74) is 5.44. The molecule has 0 aliphatic heterocycles. The van der Waals surface area contributed by atoms with Gasteiger partial charge in [-0.15, -0.1) is 0 Å². The van der Waals surface area contributed by atoms with Crippen molar-refractivity contribution >= 4 is 7.44 Å². The quantitative estimate of drug-likeness (QED) is 0.551. The zero-order valence-corrected chi connectivity index (χ0v) is 7.33. The minimum atomic E-state index is -2.61. The van der Waals surface area contributed by atoms with Gasteiger partial charge in [0, 0.05) is 5.16 Å². The van der Waals surface area contributed by atoms with Crippen LogP contribution in [-0.4, -0.2) is 12.2 Å². The van der Waals surface area contributed by atoms with Crippen LogP contribution < -0.4 is 10.6 Å². The fourth-order valence-corrected chi connectivity index (χ4v) is 1.01. The molecule has 0 aromatic carbocycles. The maximum absolute atomic E-state index is 11.3. The Balaban J connectivity index is 4.35. The lowest BCUT2D eigenvalue weighted by Crippen LogP contribution is -2.28. The van der Waals surface area contributed by atoms with Crippen molar-refractivity contribution < 1.29 is 4.57 Å². The van der Waals surface area contributed by atoms with Crippen molar-refractivity contribution in [2.24, 2.45) is 5.50 Å². The summed E-state index contributed by atoms with van der Waals surface area (Å²) in [6.07, 6.45) is 0. The largest absolute Gasteiger partial charge is 0.289 e. The summed E-state index contributed by atoms with van der Waals surface area (Å²) in [5.74, 6) is 0. The topological polar surface area (TPSA) is 55.1 Å². The van der Waals surface area contributed by atoms with Crippen LogP contribution in [0, 0.1) is 0 Å². The van der Waals surface area contributed by atoms with Gasteiger partial charge in [-0.2, -0.15) is 0 Å². The van der Waals surface area contributed by atoms with Gasteiger partial charge in [0.05, 0.1) is 0 Å². The second kappa shape index (κ2) is 2.41. The smallest absolute Gasteiger partial charge is 0.213 e. The van der Waals surface area contributed by atoms with Crippen molar-refractivity contribution in [2.75, 3.05) is 7.05 Å². The maximum Gasteiger partial charge on any atom is 0.213 e. The van der Waals surface area contributed by atoms with E-state index in [1.165, 1.54) is 0 Å². The zero-order chi connectivity index (χ0) is 7.71. The van der Waals surface area contributed by atoms with Crippen LogP contribution in [0.2, 0.25) is 0 Å². The van der Waals surface area contributed by atoms with Crippen LogP contribution in [0.4, 0.5) is 0 Å². The van der Waals surface area contributed by atoms with Crippen LogP contribution in [0.25, 0.3) is 0 Å². The Labute approximate surface area is 56.5 Å². The summed E-state index contributed by atoms with van der Waals surface area (Å²) in [5, 5.41) is 2.28. The summed E-state index contributed by atoms with van der Waals surface area (Å²) >= 11 is 0. The average molecular weight is 150 g/mol. The van der Waals surface area contributed by atoms with E-state index in [0.717, 1.165) is 0 Å². The highest BCUT2D eigenvalue weighted by Gasteiger charge is 2.30. The Hall–Kier alpha value is 0.150. The molecule has 0 spiro atoms. The van der Waals surface area contributed by atoms with Crippen LogP contribution in [-0.2, 0) is 4.57 Å². The first kappa shape index (κ1) is 9.15. The molecule has 1 unspecified atom stereocenters. The van der Waals surface area contributed by atoms with E-state index in [-0.39, 0.29) is 5.16 Å². The highest BCUT2D eigenvalue weighted by Crippen LogP contribution is 2.45. The molecule has 0 aromatic rings.